The summed E-state index contributed by atoms with van der Waals surface area (Å²) in [6, 6.07) is 5.41. The quantitative estimate of drug-likeness (QED) is 0.689. The molecule has 2 rings (SSSR count). The second-order valence-corrected chi connectivity index (χ2v) is 3.95. The lowest BCUT2D eigenvalue weighted by molar-refractivity contribution is 0.112. The van der Waals surface area contributed by atoms with Gasteiger partial charge >= 0.3 is 0 Å². The van der Waals surface area contributed by atoms with Crippen molar-refractivity contribution in [2.24, 2.45) is 0 Å². The minimum atomic E-state index is 0.664. The van der Waals surface area contributed by atoms with E-state index < -0.39 is 0 Å². The number of nitrogens with zero attached hydrogens (tertiary/aromatic N) is 1. The van der Waals surface area contributed by atoms with Crippen molar-refractivity contribution in [2.75, 3.05) is 0 Å². The third kappa shape index (κ3) is 1.61. The van der Waals surface area contributed by atoms with Crippen LogP contribution in [-0.2, 0) is 0 Å². The Hall–Kier alpha value is -1.41. The Morgan fingerprint density at radius 3 is 2.73 bits per heavy atom. The highest BCUT2D eigenvalue weighted by molar-refractivity contribution is 6.32. The van der Waals surface area contributed by atoms with Gasteiger partial charge in [0.25, 0.3) is 0 Å². The van der Waals surface area contributed by atoms with Gasteiger partial charge in [-0.15, -0.1) is 0 Å². The first-order chi connectivity index (χ1) is 7.13. The number of rotatable bonds is 1. The molecule has 0 saturated heterocycles. The van der Waals surface area contributed by atoms with Crippen LogP contribution >= 0.6 is 11.6 Å². The Kier molecular flexibility index (Phi) is 2.45. The van der Waals surface area contributed by atoms with Crippen LogP contribution in [0.15, 0.2) is 18.2 Å². The molecular weight excluding hydrogens is 210 g/mol. The van der Waals surface area contributed by atoms with Crippen LogP contribution < -0.4 is 0 Å². The molecule has 1 aromatic carbocycles. The summed E-state index contributed by atoms with van der Waals surface area (Å²) in [5, 5.41) is 1.54. The fourth-order valence-corrected chi connectivity index (χ4v) is 1.81. The minimum Gasteiger partial charge on any atom is -0.298 e. The zero-order valence-electron chi connectivity index (χ0n) is 8.54. The van der Waals surface area contributed by atoms with Crippen LogP contribution in [0, 0.1) is 13.8 Å². The van der Waals surface area contributed by atoms with Gasteiger partial charge in [-0.2, -0.15) is 0 Å². The number of halogens is 1. The largest absolute Gasteiger partial charge is 0.298 e. The highest BCUT2D eigenvalue weighted by atomic mass is 35.5. The third-order valence-corrected chi connectivity index (χ3v) is 2.86. The van der Waals surface area contributed by atoms with Crippen molar-refractivity contribution in [2.45, 2.75) is 13.8 Å². The van der Waals surface area contributed by atoms with Gasteiger partial charge in [-0.3, -0.25) is 9.78 Å². The predicted octanol–water partition coefficient (Wildman–Crippen LogP) is 3.32. The van der Waals surface area contributed by atoms with Gasteiger partial charge in [-0.1, -0.05) is 17.7 Å². The van der Waals surface area contributed by atoms with Crippen LogP contribution in [0.4, 0.5) is 0 Å². The monoisotopic (exact) mass is 219 g/mol. The summed E-state index contributed by atoms with van der Waals surface area (Å²) in [7, 11) is 0. The second kappa shape index (κ2) is 3.63. The first-order valence-corrected chi connectivity index (χ1v) is 5.03. The van der Waals surface area contributed by atoms with Crippen molar-refractivity contribution in [3.05, 3.63) is 40.0 Å². The van der Waals surface area contributed by atoms with Crippen LogP contribution in [0.5, 0.6) is 0 Å². The van der Waals surface area contributed by atoms with Gasteiger partial charge in [0.05, 0.1) is 5.52 Å². The molecule has 0 N–H and O–H groups in total. The summed E-state index contributed by atoms with van der Waals surface area (Å²) < 4.78 is 0. The number of pyridine rings is 1. The Morgan fingerprint density at radius 1 is 1.33 bits per heavy atom. The molecule has 0 bridgehead atoms. The van der Waals surface area contributed by atoms with Crippen molar-refractivity contribution in [3.63, 3.8) is 0 Å². The molecule has 2 nitrogen and oxygen atoms in total. The highest BCUT2D eigenvalue weighted by Crippen LogP contribution is 2.26. The number of hydrogen-bond donors (Lipinski definition) is 0. The highest BCUT2D eigenvalue weighted by Gasteiger charge is 2.07. The second-order valence-electron chi connectivity index (χ2n) is 3.54. The molecule has 0 spiro atoms. The molecule has 0 saturated carbocycles. The van der Waals surface area contributed by atoms with Gasteiger partial charge in [-0.25, -0.2) is 0 Å². The number of carbonyl (C=O) groups is 1. The summed E-state index contributed by atoms with van der Waals surface area (Å²) in [5.41, 5.74) is 3.22. The molecule has 2 aromatic rings. The molecule has 0 aliphatic carbocycles. The Balaban J connectivity index is 2.95. The maximum atomic E-state index is 10.9. The molecule has 0 amide bonds. The molecule has 0 aliphatic heterocycles. The number of aromatic nitrogens is 1. The molecule has 15 heavy (non-hydrogen) atoms. The van der Waals surface area contributed by atoms with Crippen molar-refractivity contribution < 1.29 is 4.79 Å². The summed E-state index contributed by atoms with van der Waals surface area (Å²) in [6.07, 6.45) is 0.852. The number of aryl methyl sites for hydroxylation is 2. The van der Waals surface area contributed by atoms with Crippen molar-refractivity contribution in [1.82, 2.24) is 4.98 Å². The molecule has 0 fully saturated rings. The van der Waals surface area contributed by atoms with E-state index in [4.69, 9.17) is 11.6 Å². The molecule has 0 radical (unpaired) electrons. The zero-order valence-corrected chi connectivity index (χ0v) is 9.30. The van der Waals surface area contributed by atoms with Gasteiger partial charge in [0.15, 0.2) is 6.29 Å². The zero-order chi connectivity index (χ0) is 11.0. The van der Waals surface area contributed by atoms with Crippen LogP contribution in [0.2, 0.25) is 5.02 Å². The minimum absolute atomic E-state index is 0.664. The summed E-state index contributed by atoms with van der Waals surface area (Å²) in [6.45, 7) is 3.78. The Labute approximate surface area is 92.9 Å². The normalized spacial score (nSPS) is 10.6. The Morgan fingerprint density at radius 2 is 2.07 bits per heavy atom. The average molecular weight is 220 g/mol. The van der Waals surface area contributed by atoms with E-state index in [1.165, 1.54) is 0 Å². The van der Waals surface area contributed by atoms with Crippen molar-refractivity contribution in [3.8, 4) is 0 Å². The average Bonchev–Trinajstić information content (AvgIpc) is 2.23. The number of hydrogen-bond acceptors (Lipinski definition) is 2. The fourth-order valence-electron chi connectivity index (χ4n) is 1.66. The van der Waals surface area contributed by atoms with E-state index in [-0.39, 0.29) is 0 Å². The maximum absolute atomic E-state index is 10.9. The van der Waals surface area contributed by atoms with E-state index in [1.807, 2.05) is 19.9 Å². The van der Waals surface area contributed by atoms with Gasteiger partial charge in [0.1, 0.15) is 0 Å². The van der Waals surface area contributed by atoms with E-state index in [1.54, 1.807) is 12.1 Å². The van der Waals surface area contributed by atoms with Crippen LogP contribution in [-0.4, -0.2) is 11.3 Å². The molecule has 0 unspecified atom stereocenters. The standard InChI is InChI=1S/C12H10ClNO/c1-7-5-9(6-15)10-3-4-11(13)8(2)12(10)14-7/h3-6H,1-2H3. The number of carbonyl (C=O) groups excluding carboxylic acids is 1. The number of aldehydes is 1. The lowest BCUT2D eigenvalue weighted by atomic mass is 10.1. The fraction of sp³-hybridized carbons (Fsp3) is 0.167. The van der Waals surface area contributed by atoms with Crippen LogP contribution in [0.25, 0.3) is 10.9 Å². The number of benzene rings is 1. The first-order valence-electron chi connectivity index (χ1n) is 4.65. The van der Waals surface area contributed by atoms with Gasteiger partial charge in [0.2, 0.25) is 0 Å². The van der Waals surface area contributed by atoms with Crippen molar-refractivity contribution >= 4 is 28.8 Å². The van der Waals surface area contributed by atoms with Gasteiger partial charge < -0.3 is 0 Å². The molecular formula is C12H10ClNO. The predicted molar refractivity (Wildman–Crippen MR) is 61.6 cm³/mol. The van der Waals surface area contributed by atoms with E-state index >= 15 is 0 Å². The van der Waals surface area contributed by atoms with Crippen LogP contribution in [0.1, 0.15) is 21.6 Å². The molecule has 0 atom stereocenters. The SMILES string of the molecule is Cc1cc(C=O)c2ccc(Cl)c(C)c2n1. The number of fused-ring (bicyclic) bond motifs is 1. The van der Waals surface area contributed by atoms with Crippen molar-refractivity contribution in [1.29, 1.82) is 0 Å². The smallest absolute Gasteiger partial charge is 0.150 e. The van der Waals surface area contributed by atoms with Crippen LogP contribution in [0.3, 0.4) is 0 Å². The molecule has 1 heterocycles. The van der Waals surface area contributed by atoms with E-state index in [2.05, 4.69) is 4.98 Å². The molecule has 1 aromatic heterocycles. The molecule has 3 heteroatoms. The van der Waals surface area contributed by atoms with E-state index in [0.29, 0.717) is 10.6 Å². The molecule has 0 aliphatic rings. The Bertz CT molecular complexity index is 549. The summed E-state index contributed by atoms with van der Waals surface area (Å²) in [4.78, 5) is 15.3. The van der Waals surface area contributed by atoms with E-state index in [0.717, 1.165) is 28.4 Å². The maximum Gasteiger partial charge on any atom is 0.150 e. The topological polar surface area (TPSA) is 30.0 Å². The summed E-state index contributed by atoms with van der Waals surface area (Å²) in [5.74, 6) is 0. The lowest BCUT2D eigenvalue weighted by Gasteiger charge is -2.06. The van der Waals surface area contributed by atoms with Gasteiger partial charge in [-0.05, 0) is 31.5 Å². The lowest BCUT2D eigenvalue weighted by Crippen LogP contribution is -1.93. The third-order valence-electron chi connectivity index (χ3n) is 2.46. The van der Waals surface area contributed by atoms with Gasteiger partial charge in [0, 0.05) is 21.7 Å². The molecule has 76 valence electrons. The summed E-state index contributed by atoms with van der Waals surface area (Å²) >= 11 is 6.01. The first kappa shape index (κ1) is 10.1. The van der Waals surface area contributed by atoms with E-state index in [9.17, 15) is 4.79 Å².